The Hall–Kier alpha value is -3.74. The number of aromatic nitrogens is 3. The highest BCUT2D eigenvalue weighted by molar-refractivity contribution is 5.98. The largest absolute Gasteiger partial charge is 0.354 e. The fourth-order valence-corrected chi connectivity index (χ4v) is 5.05. The lowest BCUT2D eigenvalue weighted by molar-refractivity contribution is -0.132. The van der Waals surface area contributed by atoms with Gasteiger partial charge in [0.15, 0.2) is 0 Å². The molecule has 1 aliphatic rings. The second-order valence-corrected chi connectivity index (χ2v) is 9.33. The Morgan fingerprint density at radius 2 is 1.69 bits per heavy atom. The van der Waals surface area contributed by atoms with Crippen LogP contribution in [-0.4, -0.2) is 52.1 Å². The van der Waals surface area contributed by atoms with E-state index >= 15 is 0 Å². The van der Waals surface area contributed by atoms with Crippen LogP contribution in [0.4, 0.5) is 5.82 Å². The van der Waals surface area contributed by atoms with Crippen molar-refractivity contribution >= 4 is 22.8 Å². The molecule has 1 unspecified atom stereocenters. The molecule has 1 saturated heterocycles. The predicted octanol–water partition coefficient (Wildman–Crippen LogP) is 5.47. The maximum absolute atomic E-state index is 13.5. The number of hydrogen-bond donors (Lipinski definition) is 0. The van der Waals surface area contributed by atoms with E-state index in [1.807, 2.05) is 53.4 Å². The maximum atomic E-state index is 13.5. The average Bonchev–Trinajstić information content (AvgIpc) is 3.19. The minimum atomic E-state index is -0.109. The molecule has 1 fully saturated rings. The third kappa shape index (κ3) is 4.83. The minimum Gasteiger partial charge on any atom is -0.354 e. The van der Waals surface area contributed by atoms with E-state index in [-0.39, 0.29) is 11.8 Å². The summed E-state index contributed by atoms with van der Waals surface area (Å²) in [5.41, 5.74) is 3.35. The fraction of sp³-hybridized carbons (Fsp3) is 0.379. The van der Waals surface area contributed by atoms with Gasteiger partial charge in [0, 0.05) is 38.2 Å². The van der Waals surface area contributed by atoms with Crippen molar-refractivity contribution in [1.29, 1.82) is 0 Å². The molecule has 1 aliphatic heterocycles. The van der Waals surface area contributed by atoms with E-state index in [4.69, 9.17) is 9.51 Å². The number of carbonyl (C=O) groups excluding carboxylic acids is 1. The van der Waals surface area contributed by atoms with Gasteiger partial charge in [-0.1, -0.05) is 79.7 Å². The van der Waals surface area contributed by atoms with Gasteiger partial charge < -0.3 is 14.3 Å². The maximum Gasteiger partial charge on any atom is 0.263 e. The molecule has 7 nitrogen and oxygen atoms in total. The molecule has 2 aromatic heterocycles. The van der Waals surface area contributed by atoms with Crippen molar-refractivity contribution in [3.8, 4) is 11.3 Å². The lowest BCUT2D eigenvalue weighted by Gasteiger charge is -2.26. The van der Waals surface area contributed by atoms with Gasteiger partial charge in [0.05, 0.1) is 5.92 Å². The smallest absolute Gasteiger partial charge is 0.263 e. The fourth-order valence-electron chi connectivity index (χ4n) is 5.05. The summed E-state index contributed by atoms with van der Waals surface area (Å²) in [4.78, 5) is 27.5. The lowest BCUT2D eigenvalue weighted by Crippen LogP contribution is -2.38. The lowest BCUT2D eigenvalue weighted by atomic mass is 9.95. The molecule has 1 atom stereocenters. The molecular formula is C29H33N5O2. The van der Waals surface area contributed by atoms with Crippen LogP contribution in [0.15, 0.2) is 65.2 Å². The van der Waals surface area contributed by atoms with Crippen LogP contribution >= 0.6 is 0 Å². The average molecular weight is 484 g/mol. The summed E-state index contributed by atoms with van der Waals surface area (Å²) in [5.74, 6) is 1.72. The zero-order valence-electron chi connectivity index (χ0n) is 21.1. The van der Waals surface area contributed by atoms with E-state index < -0.39 is 0 Å². The van der Waals surface area contributed by atoms with Crippen molar-refractivity contribution in [1.82, 2.24) is 20.0 Å². The monoisotopic (exact) mass is 483 g/mol. The van der Waals surface area contributed by atoms with Crippen molar-refractivity contribution in [3.05, 3.63) is 72.1 Å². The molecule has 36 heavy (non-hydrogen) atoms. The van der Waals surface area contributed by atoms with Gasteiger partial charge in [0.2, 0.25) is 5.91 Å². The molecule has 2 aromatic carbocycles. The van der Waals surface area contributed by atoms with E-state index in [0.717, 1.165) is 72.6 Å². The molecule has 5 rings (SSSR count). The summed E-state index contributed by atoms with van der Waals surface area (Å²) in [6.07, 6.45) is 3.39. The predicted molar refractivity (Wildman–Crippen MR) is 142 cm³/mol. The van der Waals surface area contributed by atoms with Gasteiger partial charge >= 0.3 is 0 Å². The van der Waals surface area contributed by atoms with Crippen LogP contribution in [0.2, 0.25) is 0 Å². The van der Waals surface area contributed by atoms with Crippen LogP contribution in [0, 0.1) is 0 Å². The molecule has 0 radical (unpaired) electrons. The van der Waals surface area contributed by atoms with Gasteiger partial charge in [0.25, 0.3) is 5.71 Å². The van der Waals surface area contributed by atoms with E-state index in [0.29, 0.717) is 18.8 Å². The quantitative estimate of drug-likeness (QED) is 0.347. The Kier molecular flexibility index (Phi) is 7.26. The summed E-state index contributed by atoms with van der Waals surface area (Å²) in [6.45, 7) is 7.11. The number of carbonyl (C=O) groups is 1. The van der Waals surface area contributed by atoms with Gasteiger partial charge in [-0.15, -0.1) is 0 Å². The SMILES string of the molecule is CCCc1nc(N2CCCN(C(=O)C(CC)c3ccccc3)CC2)c2c(-c3ccccc3)noc2n1. The van der Waals surface area contributed by atoms with Gasteiger partial charge in [-0.25, -0.2) is 4.98 Å². The Balaban J connectivity index is 1.45. The van der Waals surface area contributed by atoms with Gasteiger partial charge in [-0.05, 0) is 24.8 Å². The molecule has 3 heterocycles. The van der Waals surface area contributed by atoms with Crippen molar-refractivity contribution in [3.63, 3.8) is 0 Å². The van der Waals surface area contributed by atoms with Crippen molar-refractivity contribution in [2.24, 2.45) is 0 Å². The zero-order chi connectivity index (χ0) is 24.9. The molecule has 7 heteroatoms. The Morgan fingerprint density at radius 1 is 0.944 bits per heavy atom. The molecule has 0 saturated carbocycles. The Morgan fingerprint density at radius 3 is 2.42 bits per heavy atom. The van der Waals surface area contributed by atoms with Gasteiger partial charge in [-0.3, -0.25) is 4.79 Å². The first-order valence-corrected chi connectivity index (χ1v) is 13.0. The summed E-state index contributed by atoms with van der Waals surface area (Å²) < 4.78 is 5.72. The summed E-state index contributed by atoms with van der Waals surface area (Å²) in [5, 5.41) is 5.23. The number of anilines is 1. The Bertz CT molecular complexity index is 1310. The van der Waals surface area contributed by atoms with Crippen molar-refractivity contribution < 1.29 is 9.32 Å². The molecule has 0 N–H and O–H groups in total. The highest BCUT2D eigenvalue weighted by Crippen LogP contribution is 2.34. The van der Waals surface area contributed by atoms with E-state index in [1.165, 1.54) is 0 Å². The number of aryl methyl sites for hydroxylation is 1. The highest BCUT2D eigenvalue weighted by atomic mass is 16.5. The van der Waals surface area contributed by atoms with E-state index in [9.17, 15) is 4.79 Å². The summed E-state index contributed by atoms with van der Waals surface area (Å²) in [7, 11) is 0. The number of hydrogen-bond acceptors (Lipinski definition) is 6. The van der Waals surface area contributed by atoms with Crippen molar-refractivity contribution in [2.45, 2.75) is 45.4 Å². The topological polar surface area (TPSA) is 75.4 Å². The third-order valence-electron chi connectivity index (χ3n) is 6.90. The molecule has 0 aliphatic carbocycles. The normalized spacial score (nSPS) is 15.2. The second-order valence-electron chi connectivity index (χ2n) is 9.33. The summed E-state index contributed by atoms with van der Waals surface area (Å²) >= 11 is 0. The molecule has 0 bridgehead atoms. The van der Waals surface area contributed by atoms with Crippen LogP contribution < -0.4 is 4.90 Å². The number of fused-ring (bicyclic) bond motifs is 1. The highest BCUT2D eigenvalue weighted by Gasteiger charge is 2.28. The first kappa shape index (κ1) is 24.0. The van der Waals surface area contributed by atoms with Crippen LogP contribution in [0.25, 0.3) is 22.4 Å². The number of nitrogens with zero attached hydrogens (tertiary/aromatic N) is 5. The van der Waals surface area contributed by atoms with Gasteiger partial charge in [0.1, 0.15) is 22.7 Å². The van der Waals surface area contributed by atoms with Crippen LogP contribution in [0.3, 0.4) is 0 Å². The van der Waals surface area contributed by atoms with Crippen LogP contribution in [-0.2, 0) is 11.2 Å². The minimum absolute atomic E-state index is 0.109. The van der Waals surface area contributed by atoms with E-state index in [1.54, 1.807) is 0 Å². The molecular weight excluding hydrogens is 450 g/mol. The number of benzene rings is 2. The molecule has 0 spiro atoms. The number of rotatable bonds is 7. The number of amides is 1. The molecule has 4 aromatic rings. The zero-order valence-corrected chi connectivity index (χ0v) is 21.1. The molecule has 1 amide bonds. The first-order chi connectivity index (χ1) is 17.7. The van der Waals surface area contributed by atoms with Gasteiger partial charge in [-0.2, -0.15) is 4.98 Å². The second kappa shape index (κ2) is 10.9. The van der Waals surface area contributed by atoms with Crippen molar-refractivity contribution in [2.75, 3.05) is 31.1 Å². The summed E-state index contributed by atoms with van der Waals surface area (Å²) in [6, 6.07) is 20.1. The standard InChI is InChI=1S/C29H33N5O2/c1-3-12-24-30-27(25-26(32-36-28(25)31-24)22-15-9-6-10-16-22)33-17-11-18-34(20-19-33)29(35)23(4-2)21-13-7-5-8-14-21/h5-10,13-16,23H,3-4,11-12,17-20H2,1-2H3. The first-order valence-electron chi connectivity index (χ1n) is 13.0. The molecule has 186 valence electrons. The van der Waals surface area contributed by atoms with E-state index in [2.05, 4.69) is 41.0 Å². The van der Waals surface area contributed by atoms with Crippen LogP contribution in [0.1, 0.15) is 50.4 Å². The van der Waals surface area contributed by atoms with Crippen LogP contribution in [0.5, 0.6) is 0 Å². The Labute approximate surface area is 212 Å². The third-order valence-corrected chi connectivity index (χ3v) is 6.90.